The van der Waals surface area contributed by atoms with E-state index in [2.05, 4.69) is 0 Å². The first-order valence-electron chi connectivity index (χ1n) is 7.70. The Labute approximate surface area is 149 Å². The molecule has 0 atom stereocenters. The number of hydrogen-bond acceptors (Lipinski definition) is 8. The summed E-state index contributed by atoms with van der Waals surface area (Å²) in [7, 11) is 0. The molecule has 146 valence electrons. The van der Waals surface area contributed by atoms with Crippen LogP contribution in [0.5, 0.6) is 0 Å². The molecule has 0 aromatic rings. The van der Waals surface area contributed by atoms with Crippen molar-refractivity contribution in [3.05, 3.63) is 12.4 Å². The fourth-order valence-corrected chi connectivity index (χ4v) is 2.38. The Kier molecular flexibility index (Phi) is 8.31. The molecule has 1 aliphatic rings. The van der Waals surface area contributed by atoms with E-state index in [0.29, 0.717) is 0 Å². The number of nitrogens with zero attached hydrogens (tertiary/aromatic N) is 4. The van der Waals surface area contributed by atoms with Crippen molar-refractivity contribution in [2.45, 2.75) is 0 Å². The number of carbonyl (C=O) groups is 4. The quantitative estimate of drug-likeness (QED) is 0.368. The summed E-state index contributed by atoms with van der Waals surface area (Å²) in [4.78, 5) is 47.0. The maximum absolute atomic E-state index is 11.1. The van der Waals surface area contributed by atoms with Crippen molar-refractivity contribution >= 4 is 23.9 Å². The van der Waals surface area contributed by atoms with Gasteiger partial charge in [0.05, 0.1) is 6.54 Å². The molecule has 26 heavy (non-hydrogen) atoms. The Bertz CT molecular complexity index is 567. The number of carboxylic acid groups (broad SMARTS) is 4. The van der Waals surface area contributed by atoms with Crippen molar-refractivity contribution < 1.29 is 39.6 Å². The van der Waals surface area contributed by atoms with E-state index in [-0.39, 0.29) is 39.3 Å². The molecule has 0 bridgehead atoms. The normalized spacial score (nSPS) is 17.1. The van der Waals surface area contributed by atoms with Crippen LogP contribution in [0.1, 0.15) is 0 Å². The van der Waals surface area contributed by atoms with E-state index in [9.17, 15) is 19.2 Å². The van der Waals surface area contributed by atoms with Gasteiger partial charge in [-0.2, -0.15) is 0 Å². The molecule has 1 aliphatic heterocycles. The summed E-state index contributed by atoms with van der Waals surface area (Å²) in [5, 5.41) is 38.5. The Morgan fingerprint density at radius 2 is 1.19 bits per heavy atom. The second kappa shape index (κ2) is 10.2. The lowest BCUT2D eigenvalue weighted by atomic mass is 10.3. The summed E-state index contributed by atoms with van der Waals surface area (Å²) in [5.41, 5.74) is 0. The van der Waals surface area contributed by atoms with Crippen molar-refractivity contribution in [1.82, 2.24) is 19.8 Å². The van der Waals surface area contributed by atoms with Crippen LogP contribution in [0.15, 0.2) is 12.4 Å². The molecular weight excluding hydrogens is 352 g/mol. The molecule has 0 radical (unpaired) electrons. The topological polar surface area (TPSA) is 162 Å². The van der Waals surface area contributed by atoms with E-state index < -0.39 is 37.0 Å². The minimum absolute atomic E-state index is 0.0934. The molecule has 0 amide bonds. The summed E-state index contributed by atoms with van der Waals surface area (Å²) in [5.74, 6) is -4.56. The highest BCUT2D eigenvalue weighted by molar-refractivity contribution is 5.71. The lowest BCUT2D eigenvalue weighted by Crippen LogP contribution is -2.50. The zero-order valence-electron chi connectivity index (χ0n) is 14.0. The minimum Gasteiger partial charge on any atom is -0.480 e. The molecule has 0 aliphatic carbocycles. The highest BCUT2D eigenvalue weighted by atomic mass is 16.4. The van der Waals surface area contributed by atoms with E-state index in [1.54, 1.807) is 0 Å². The number of rotatable bonds is 8. The molecule has 0 saturated heterocycles. The van der Waals surface area contributed by atoms with Crippen LogP contribution in [0.2, 0.25) is 0 Å². The molecule has 0 spiro atoms. The summed E-state index contributed by atoms with van der Waals surface area (Å²) in [6, 6.07) is 0. The standard InChI is InChI=1S/C14H22N4O8/c19-11(20)7-15-1-2-16(8-12(21)22)4-6-18(10-14(25)26)17(5-3-15)9-13(23)24/h3,5H,1-2,4,6-10H2,(H,19,20)(H,21,22)(H,23,24)(H,25,26). The lowest BCUT2D eigenvalue weighted by Gasteiger charge is -2.35. The first-order valence-corrected chi connectivity index (χ1v) is 7.70. The van der Waals surface area contributed by atoms with Crippen molar-refractivity contribution in [1.29, 1.82) is 0 Å². The molecule has 0 aromatic heterocycles. The average molecular weight is 374 g/mol. The largest absolute Gasteiger partial charge is 0.480 e. The Morgan fingerprint density at radius 1 is 0.654 bits per heavy atom. The maximum Gasteiger partial charge on any atom is 0.324 e. The van der Waals surface area contributed by atoms with Crippen molar-refractivity contribution in [2.24, 2.45) is 0 Å². The molecule has 12 nitrogen and oxygen atoms in total. The van der Waals surface area contributed by atoms with Crippen molar-refractivity contribution in [3.8, 4) is 0 Å². The molecule has 0 unspecified atom stereocenters. The number of carboxylic acids is 4. The third-order valence-electron chi connectivity index (χ3n) is 3.50. The zero-order chi connectivity index (χ0) is 19.7. The fraction of sp³-hybridized carbons (Fsp3) is 0.571. The molecule has 0 saturated carbocycles. The highest BCUT2D eigenvalue weighted by Crippen LogP contribution is 2.05. The first-order chi connectivity index (χ1) is 12.2. The highest BCUT2D eigenvalue weighted by Gasteiger charge is 2.22. The Balaban J connectivity index is 3.08. The van der Waals surface area contributed by atoms with Gasteiger partial charge in [0.25, 0.3) is 0 Å². The predicted octanol–water partition coefficient (Wildman–Crippen LogP) is -2.07. The van der Waals surface area contributed by atoms with Crippen LogP contribution in [0.3, 0.4) is 0 Å². The van der Waals surface area contributed by atoms with Crippen LogP contribution >= 0.6 is 0 Å². The molecule has 0 aromatic carbocycles. The van der Waals surface area contributed by atoms with Crippen LogP contribution < -0.4 is 0 Å². The molecular formula is C14H22N4O8. The average Bonchev–Trinajstić information content (AvgIpc) is 2.49. The summed E-state index contributed by atoms with van der Waals surface area (Å²) < 4.78 is 0. The number of hydrazine groups is 1. The van der Waals surface area contributed by atoms with E-state index in [4.69, 9.17) is 20.4 Å². The van der Waals surface area contributed by atoms with Crippen LogP contribution in [-0.4, -0.2) is 116 Å². The van der Waals surface area contributed by atoms with Gasteiger partial charge in [0.1, 0.15) is 19.6 Å². The van der Waals surface area contributed by atoms with Gasteiger partial charge in [-0.25, -0.2) is 5.01 Å². The second-order valence-corrected chi connectivity index (χ2v) is 5.61. The Morgan fingerprint density at radius 3 is 1.73 bits per heavy atom. The third kappa shape index (κ3) is 8.30. The van der Waals surface area contributed by atoms with Crippen LogP contribution in [0, 0.1) is 0 Å². The van der Waals surface area contributed by atoms with Gasteiger partial charge in [0.2, 0.25) is 0 Å². The summed E-state index contributed by atoms with van der Waals surface area (Å²) >= 11 is 0. The predicted molar refractivity (Wildman–Crippen MR) is 86.0 cm³/mol. The van der Waals surface area contributed by atoms with Gasteiger partial charge in [-0.05, 0) is 0 Å². The van der Waals surface area contributed by atoms with Gasteiger partial charge < -0.3 is 25.3 Å². The Hall–Kier alpha value is -2.86. The van der Waals surface area contributed by atoms with Gasteiger partial charge in [-0.15, -0.1) is 0 Å². The van der Waals surface area contributed by atoms with Crippen LogP contribution in [0.25, 0.3) is 0 Å². The monoisotopic (exact) mass is 374 g/mol. The van der Waals surface area contributed by atoms with E-state index in [1.165, 1.54) is 27.2 Å². The molecule has 1 heterocycles. The number of hydrogen-bond donors (Lipinski definition) is 4. The SMILES string of the molecule is O=C(O)CN1C=CN(CC(=O)O)N(CC(=O)O)CCN(CC(=O)O)CC1. The van der Waals surface area contributed by atoms with Crippen LogP contribution in [0.4, 0.5) is 0 Å². The maximum atomic E-state index is 11.1. The van der Waals surface area contributed by atoms with Gasteiger partial charge in [-0.3, -0.25) is 29.1 Å². The summed E-state index contributed by atoms with van der Waals surface area (Å²) in [6.45, 7) is -0.941. The van der Waals surface area contributed by atoms with Crippen molar-refractivity contribution in [3.63, 3.8) is 0 Å². The van der Waals surface area contributed by atoms with E-state index >= 15 is 0 Å². The van der Waals surface area contributed by atoms with E-state index in [1.807, 2.05) is 0 Å². The third-order valence-corrected chi connectivity index (χ3v) is 3.50. The van der Waals surface area contributed by atoms with Gasteiger partial charge in [0.15, 0.2) is 0 Å². The first kappa shape index (κ1) is 21.2. The van der Waals surface area contributed by atoms with Gasteiger partial charge >= 0.3 is 23.9 Å². The van der Waals surface area contributed by atoms with E-state index in [0.717, 1.165) is 5.01 Å². The summed E-state index contributed by atoms with van der Waals surface area (Å²) in [6.07, 6.45) is 2.67. The van der Waals surface area contributed by atoms with Crippen LogP contribution in [-0.2, 0) is 19.2 Å². The van der Waals surface area contributed by atoms with Gasteiger partial charge in [-0.1, -0.05) is 0 Å². The second-order valence-electron chi connectivity index (χ2n) is 5.61. The molecule has 0 fully saturated rings. The van der Waals surface area contributed by atoms with Gasteiger partial charge in [0, 0.05) is 38.6 Å². The number of aliphatic carboxylic acids is 4. The molecule has 4 N–H and O–H groups in total. The van der Waals surface area contributed by atoms with Crippen molar-refractivity contribution in [2.75, 3.05) is 52.4 Å². The zero-order valence-corrected chi connectivity index (χ0v) is 14.0. The smallest absolute Gasteiger partial charge is 0.324 e. The fourth-order valence-electron chi connectivity index (χ4n) is 2.38. The minimum atomic E-state index is -1.20. The lowest BCUT2D eigenvalue weighted by molar-refractivity contribution is -0.149. The molecule has 1 rings (SSSR count). The molecule has 12 heteroatoms.